The lowest BCUT2D eigenvalue weighted by molar-refractivity contribution is 0.618. The van der Waals surface area contributed by atoms with Gasteiger partial charge in [0.2, 0.25) is 0 Å². The van der Waals surface area contributed by atoms with E-state index >= 15 is 0 Å². The van der Waals surface area contributed by atoms with Crippen LogP contribution in [0.3, 0.4) is 0 Å². The molecule has 1 aromatic heterocycles. The predicted molar refractivity (Wildman–Crippen MR) is 88.9 cm³/mol. The molecule has 0 saturated heterocycles. The van der Waals surface area contributed by atoms with E-state index in [1.165, 1.54) is 6.07 Å². The van der Waals surface area contributed by atoms with Crippen LogP contribution >= 0.6 is 0 Å². The van der Waals surface area contributed by atoms with Crippen LogP contribution in [0.4, 0.5) is 10.1 Å². The van der Waals surface area contributed by atoms with Gasteiger partial charge in [0.1, 0.15) is 5.82 Å². The highest BCUT2D eigenvalue weighted by Crippen LogP contribution is 2.18. The minimum absolute atomic E-state index is 0.204. The highest BCUT2D eigenvalue weighted by atomic mass is 19.1. The lowest BCUT2D eigenvalue weighted by Crippen LogP contribution is -1.93. The quantitative estimate of drug-likeness (QED) is 0.605. The summed E-state index contributed by atoms with van der Waals surface area (Å²) >= 11 is 0. The molecular weight excluding hydrogens is 275 g/mol. The highest BCUT2D eigenvalue weighted by Gasteiger charge is 2.02. The molecule has 0 spiro atoms. The number of rotatable bonds is 3. The molecule has 1 heterocycles. The van der Waals surface area contributed by atoms with Crippen LogP contribution in [0.5, 0.6) is 0 Å². The topological polar surface area (TPSA) is 17.3 Å². The molecule has 0 aliphatic carbocycles. The lowest BCUT2D eigenvalue weighted by atomic mass is 10.2. The third-order valence-corrected chi connectivity index (χ3v) is 3.57. The monoisotopic (exact) mass is 292 g/mol. The molecule has 3 aromatic rings. The molecule has 0 radical (unpaired) electrons. The van der Waals surface area contributed by atoms with Gasteiger partial charge in [0.15, 0.2) is 0 Å². The average molecular weight is 292 g/mol. The number of hydrogen-bond acceptors (Lipinski definition) is 1. The fourth-order valence-electron chi connectivity index (χ4n) is 2.39. The van der Waals surface area contributed by atoms with Crippen LogP contribution in [0.1, 0.15) is 16.8 Å². The molecule has 2 nitrogen and oxygen atoms in total. The predicted octanol–water partition coefficient (Wildman–Crippen LogP) is 4.98. The minimum Gasteiger partial charge on any atom is -0.321 e. The Morgan fingerprint density at radius 3 is 2.50 bits per heavy atom. The molecule has 3 heteroatoms. The fraction of sp³-hybridized carbons (Fsp3) is 0.105. The Labute approximate surface area is 129 Å². The van der Waals surface area contributed by atoms with E-state index in [1.807, 2.05) is 24.4 Å². The van der Waals surface area contributed by atoms with E-state index in [1.54, 1.807) is 25.3 Å². The van der Waals surface area contributed by atoms with Crippen molar-refractivity contribution in [2.45, 2.75) is 13.8 Å². The summed E-state index contributed by atoms with van der Waals surface area (Å²) in [6.45, 7) is 3.80. The molecule has 0 atom stereocenters. The van der Waals surface area contributed by atoms with Crippen LogP contribution in [0.25, 0.3) is 5.69 Å². The maximum atomic E-state index is 13.3. The van der Waals surface area contributed by atoms with Crippen molar-refractivity contribution < 1.29 is 4.39 Å². The summed E-state index contributed by atoms with van der Waals surface area (Å²) in [7, 11) is 0. The molecule has 0 saturated carbocycles. The van der Waals surface area contributed by atoms with E-state index in [4.69, 9.17) is 0 Å². The van der Waals surface area contributed by atoms with Crippen LogP contribution in [0, 0.1) is 19.7 Å². The van der Waals surface area contributed by atoms with Gasteiger partial charge in [-0.1, -0.05) is 18.2 Å². The van der Waals surface area contributed by atoms with Crippen molar-refractivity contribution in [3.05, 3.63) is 83.4 Å². The molecule has 110 valence electrons. The van der Waals surface area contributed by atoms with Gasteiger partial charge in [0, 0.05) is 29.4 Å². The van der Waals surface area contributed by atoms with Crippen LogP contribution in [-0.2, 0) is 0 Å². The Morgan fingerprint density at radius 2 is 1.77 bits per heavy atom. The summed E-state index contributed by atoms with van der Waals surface area (Å²) in [5, 5.41) is 0. The number of aliphatic imine (C=N–C) groups is 1. The summed E-state index contributed by atoms with van der Waals surface area (Å²) in [5.41, 5.74) is 4.64. The normalized spacial score (nSPS) is 11.2. The van der Waals surface area contributed by atoms with Crippen molar-refractivity contribution >= 4 is 11.9 Å². The van der Waals surface area contributed by atoms with Crippen molar-refractivity contribution in [1.29, 1.82) is 0 Å². The van der Waals surface area contributed by atoms with Gasteiger partial charge in [0.05, 0.1) is 5.69 Å². The Morgan fingerprint density at radius 1 is 1.00 bits per heavy atom. The standard InChI is InChI=1S/C19H17FN2/c1-14-10-17(8-9-19(14)20)21-12-16-11-15(2)22(13-16)18-6-4-3-5-7-18/h3-13H,1-2H3. The summed E-state index contributed by atoms with van der Waals surface area (Å²) in [4.78, 5) is 4.42. The average Bonchev–Trinajstić information content (AvgIpc) is 2.90. The van der Waals surface area contributed by atoms with E-state index in [2.05, 4.69) is 34.7 Å². The molecule has 0 N–H and O–H groups in total. The van der Waals surface area contributed by atoms with Crippen molar-refractivity contribution in [1.82, 2.24) is 4.57 Å². The summed E-state index contributed by atoms with van der Waals surface area (Å²) in [6, 6.07) is 17.1. The molecule has 3 rings (SSSR count). The van der Waals surface area contributed by atoms with Gasteiger partial charge >= 0.3 is 0 Å². The maximum Gasteiger partial charge on any atom is 0.126 e. The molecule has 0 unspecified atom stereocenters. The zero-order valence-electron chi connectivity index (χ0n) is 12.6. The largest absolute Gasteiger partial charge is 0.321 e. The number of hydrogen-bond donors (Lipinski definition) is 0. The van der Waals surface area contributed by atoms with Gasteiger partial charge in [-0.15, -0.1) is 0 Å². The van der Waals surface area contributed by atoms with Crippen LogP contribution in [0.2, 0.25) is 0 Å². The molecule has 0 amide bonds. The number of halogens is 1. The second-order valence-electron chi connectivity index (χ2n) is 5.31. The van der Waals surface area contributed by atoms with Crippen molar-refractivity contribution in [3.8, 4) is 5.69 Å². The first-order valence-corrected chi connectivity index (χ1v) is 7.18. The molecule has 0 aliphatic rings. The second-order valence-corrected chi connectivity index (χ2v) is 5.31. The van der Waals surface area contributed by atoms with Gasteiger partial charge in [-0.2, -0.15) is 0 Å². The Bertz CT molecular complexity index is 817. The van der Waals surface area contributed by atoms with Gasteiger partial charge in [-0.3, -0.25) is 4.99 Å². The van der Waals surface area contributed by atoms with E-state index in [0.717, 1.165) is 22.6 Å². The number of para-hydroxylation sites is 1. The van der Waals surface area contributed by atoms with Crippen LogP contribution in [0.15, 0.2) is 65.8 Å². The van der Waals surface area contributed by atoms with Crippen LogP contribution < -0.4 is 0 Å². The summed E-state index contributed by atoms with van der Waals surface area (Å²) < 4.78 is 15.4. The smallest absolute Gasteiger partial charge is 0.126 e. The highest BCUT2D eigenvalue weighted by molar-refractivity contribution is 5.82. The zero-order valence-corrected chi connectivity index (χ0v) is 12.6. The number of aryl methyl sites for hydroxylation is 2. The molecule has 0 fully saturated rings. The zero-order chi connectivity index (χ0) is 15.5. The molecular formula is C19H17FN2. The second kappa shape index (κ2) is 5.98. The molecule has 0 bridgehead atoms. The molecule has 0 aliphatic heterocycles. The van der Waals surface area contributed by atoms with Gasteiger partial charge in [-0.25, -0.2) is 4.39 Å². The van der Waals surface area contributed by atoms with Crippen molar-refractivity contribution in [3.63, 3.8) is 0 Å². The Balaban J connectivity index is 1.87. The Hall–Kier alpha value is -2.68. The third kappa shape index (κ3) is 2.98. The van der Waals surface area contributed by atoms with E-state index in [0.29, 0.717) is 5.56 Å². The SMILES string of the molecule is Cc1cc(N=Cc2cc(C)n(-c3ccccc3)c2)ccc1F. The fourth-order valence-corrected chi connectivity index (χ4v) is 2.39. The first kappa shape index (κ1) is 14.3. The van der Waals surface area contributed by atoms with E-state index in [9.17, 15) is 4.39 Å². The number of aromatic nitrogens is 1. The maximum absolute atomic E-state index is 13.3. The van der Waals surface area contributed by atoms with E-state index < -0.39 is 0 Å². The van der Waals surface area contributed by atoms with Gasteiger partial charge < -0.3 is 4.57 Å². The van der Waals surface area contributed by atoms with Crippen LogP contribution in [-0.4, -0.2) is 10.8 Å². The van der Waals surface area contributed by atoms with Gasteiger partial charge in [0.25, 0.3) is 0 Å². The summed E-state index contributed by atoms with van der Waals surface area (Å²) in [6.07, 6.45) is 3.85. The number of benzene rings is 2. The van der Waals surface area contributed by atoms with E-state index in [-0.39, 0.29) is 5.82 Å². The molecule has 22 heavy (non-hydrogen) atoms. The number of nitrogens with zero attached hydrogens (tertiary/aromatic N) is 2. The minimum atomic E-state index is -0.204. The Kier molecular flexibility index (Phi) is 3.88. The first-order valence-electron chi connectivity index (χ1n) is 7.18. The third-order valence-electron chi connectivity index (χ3n) is 3.57. The summed E-state index contributed by atoms with van der Waals surface area (Å²) in [5.74, 6) is -0.204. The first-order chi connectivity index (χ1) is 10.6. The molecule has 2 aromatic carbocycles. The lowest BCUT2D eigenvalue weighted by Gasteiger charge is -2.04. The van der Waals surface area contributed by atoms with Crippen molar-refractivity contribution in [2.75, 3.05) is 0 Å². The van der Waals surface area contributed by atoms with Gasteiger partial charge in [-0.05, 0) is 55.8 Å². The van der Waals surface area contributed by atoms with Crippen molar-refractivity contribution in [2.24, 2.45) is 4.99 Å².